The van der Waals surface area contributed by atoms with Gasteiger partial charge in [-0.05, 0) is 0 Å². The summed E-state index contributed by atoms with van der Waals surface area (Å²) in [6.07, 6.45) is 1.83. The molecule has 0 unspecified atom stereocenters. The minimum absolute atomic E-state index is 0.0687. The molecule has 2 heterocycles. The molecule has 4 nitrogen and oxygen atoms in total. The Balaban J connectivity index is 2.12. The van der Waals surface area contributed by atoms with Gasteiger partial charge in [-0.25, -0.2) is 4.98 Å². The summed E-state index contributed by atoms with van der Waals surface area (Å²) in [5.74, 6) is 0.0687. The van der Waals surface area contributed by atoms with Crippen LogP contribution in [0.2, 0.25) is 0 Å². The van der Waals surface area contributed by atoms with Gasteiger partial charge in [0.05, 0.1) is 18.1 Å². The van der Waals surface area contributed by atoms with Gasteiger partial charge in [-0.1, -0.05) is 6.92 Å². The van der Waals surface area contributed by atoms with E-state index in [2.05, 4.69) is 4.98 Å². The number of carbonyl (C=O) groups excluding carboxylic acids is 1. The number of nitrogens with zero attached hydrogens (tertiary/aromatic N) is 1. The molecule has 1 saturated heterocycles. The highest BCUT2D eigenvalue weighted by molar-refractivity contribution is 7.13. The van der Waals surface area contributed by atoms with E-state index in [9.17, 15) is 4.79 Å². The van der Waals surface area contributed by atoms with Crippen molar-refractivity contribution in [1.29, 1.82) is 0 Å². The predicted octanol–water partition coefficient (Wildman–Crippen LogP) is 1.78. The summed E-state index contributed by atoms with van der Waals surface area (Å²) < 4.78 is 10.6. The highest BCUT2D eigenvalue weighted by Gasteiger charge is 2.21. The Bertz CT molecular complexity index is 331. The number of ether oxygens (including phenoxy) is 2. The number of rotatable bonds is 3. The molecule has 5 heteroatoms. The molecule has 0 atom stereocenters. The number of hydrogen-bond donors (Lipinski definition) is 0. The van der Waals surface area contributed by atoms with E-state index in [-0.39, 0.29) is 12.1 Å². The van der Waals surface area contributed by atoms with Crippen LogP contribution < -0.4 is 0 Å². The van der Waals surface area contributed by atoms with Crippen molar-refractivity contribution in [3.8, 4) is 0 Å². The molecule has 0 saturated carbocycles. The topological polar surface area (TPSA) is 48.4 Å². The second-order valence-corrected chi connectivity index (χ2v) is 3.98. The smallest absolute Gasteiger partial charge is 0.194 e. The van der Waals surface area contributed by atoms with E-state index in [1.165, 1.54) is 11.3 Å². The van der Waals surface area contributed by atoms with Gasteiger partial charge in [-0.3, -0.25) is 4.79 Å². The number of carbonyl (C=O) groups is 1. The standard InChI is InChI=1S/C9H11NO3S/c1-2-6(11)8-10-5-7(14-8)9-12-3-4-13-9/h5,9H,2-4H2,1H3. The van der Waals surface area contributed by atoms with Crippen molar-refractivity contribution in [2.75, 3.05) is 13.2 Å². The summed E-state index contributed by atoms with van der Waals surface area (Å²) >= 11 is 1.35. The Morgan fingerprint density at radius 2 is 2.36 bits per heavy atom. The van der Waals surface area contributed by atoms with E-state index < -0.39 is 0 Å². The lowest BCUT2D eigenvalue weighted by atomic mass is 10.3. The molecule has 1 aliphatic rings. The van der Waals surface area contributed by atoms with Crippen LogP contribution in [-0.2, 0) is 9.47 Å². The summed E-state index contributed by atoms with van der Waals surface area (Å²) in [6, 6.07) is 0. The molecule has 1 fully saturated rings. The lowest BCUT2D eigenvalue weighted by Gasteiger charge is -2.03. The van der Waals surface area contributed by atoms with Gasteiger partial charge in [0.25, 0.3) is 0 Å². The van der Waals surface area contributed by atoms with Crippen molar-refractivity contribution in [2.45, 2.75) is 19.6 Å². The fourth-order valence-corrected chi connectivity index (χ4v) is 2.12. The number of thiazole rings is 1. The van der Waals surface area contributed by atoms with Gasteiger partial charge in [-0.2, -0.15) is 0 Å². The predicted molar refractivity (Wildman–Crippen MR) is 51.4 cm³/mol. The first-order valence-corrected chi connectivity index (χ1v) is 5.35. The van der Waals surface area contributed by atoms with Crippen molar-refractivity contribution in [2.24, 2.45) is 0 Å². The molecule has 14 heavy (non-hydrogen) atoms. The molecule has 1 aromatic heterocycles. The number of Topliss-reactive ketones (excluding diaryl/α,β-unsaturated/α-hetero) is 1. The third-order valence-electron chi connectivity index (χ3n) is 1.94. The first kappa shape index (κ1) is 9.76. The zero-order valence-corrected chi connectivity index (χ0v) is 8.67. The number of ketones is 1. The van der Waals surface area contributed by atoms with E-state index in [4.69, 9.17) is 9.47 Å². The van der Waals surface area contributed by atoms with E-state index in [1.807, 2.05) is 6.92 Å². The van der Waals surface area contributed by atoms with Crippen LogP contribution in [0.4, 0.5) is 0 Å². The van der Waals surface area contributed by atoms with Crippen molar-refractivity contribution < 1.29 is 14.3 Å². The maximum absolute atomic E-state index is 11.3. The van der Waals surface area contributed by atoms with Crippen LogP contribution in [-0.4, -0.2) is 24.0 Å². The monoisotopic (exact) mass is 213 g/mol. The molecule has 0 N–H and O–H groups in total. The van der Waals surface area contributed by atoms with E-state index in [1.54, 1.807) is 6.20 Å². The lowest BCUT2D eigenvalue weighted by molar-refractivity contribution is -0.0414. The molecule has 0 spiro atoms. The molecular weight excluding hydrogens is 202 g/mol. The minimum Gasteiger partial charge on any atom is -0.345 e. The normalized spacial score (nSPS) is 17.5. The van der Waals surface area contributed by atoms with Crippen molar-refractivity contribution in [1.82, 2.24) is 4.98 Å². The summed E-state index contributed by atoms with van der Waals surface area (Å²) in [7, 11) is 0. The summed E-state index contributed by atoms with van der Waals surface area (Å²) in [5, 5.41) is 0.543. The van der Waals surface area contributed by atoms with E-state index in [0.29, 0.717) is 24.6 Å². The van der Waals surface area contributed by atoms with Crippen LogP contribution in [0.1, 0.15) is 34.3 Å². The van der Waals surface area contributed by atoms with Crippen LogP contribution in [0.5, 0.6) is 0 Å². The highest BCUT2D eigenvalue weighted by Crippen LogP contribution is 2.28. The van der Waals surface area contributed by atoms with Crippen molar-refractivity contribution in [3.05, 3.63) is 16.1 Å². The van der Waals surface area contributed by atoms with Gasteiger partial charge in [0.1, 0.15) is 0 Å². The summed E-state index contributed by atoms with van der Waals surface area (Å²) in [6.45, 7) is 3.05. The van der Waals surface area contributed by atoms with Crippen LogP contribution >= 0.6 is 11.3 Å². The van der Waals surface area contributed by atoms with Gasteiger partial charge in [0.15, 0.2) is 17.1 Å². The highest BCUT2D eigenvalue weighted by atomic mass is 32.1. The SMILES string of the molecule is CCC(=O)c1ncc(C2OCCO2)s1. The lowest BCUT2D eigenvalue weighted by Crippen LogP contribution is -1.94. The third-order valence-corrected chi connectivity index (χ3v) is 3.00. The average Bonchev–Trinajstić information content (AvgIpc) is 2.86. The van der Waals surface area contributed by atoms with E-state index >= 15 is 0 Å². The Hall–Kier alpha value is -0.780. The van der Waals surface area contributed by atoms with Gasteiger partial charge in [0.2, 0.25) is 0 Å². The maximum atomic E-state index is 11.3. The molecule has 0 amide bonds. The molecule has 0 aromatic carbocycles. The number of hydrogen-bond acceptors (Lipinski definition) is 5. The quantitative estimate of drug-likeness (QED) is 0.718. The maximum Gasteiger partial charge on any atom is 0.194 e. The van der Waals surface area contributed by atoms with Crippen LogP contribution in [0.15, 0.2) is 6.20 Å². The van der Waals surface area contributed by atoms with Gasteiger partial charge in [-0.15, -0.1) is 11.3 Å². The number of aromatic nitrogens is 1. The average molecular weight is 213 g/mol. The second kappa shape index (κ2) is 4.16. The van der Waals surface area contributed by atoms with Gasteiger partial charge in [0, 0.05) is 12.6 Å². The Labute approximate surface area is 85.9 Å². The molecular formula is C9H11NO3S. The molecule has 2 rings (SSSR count). The Morgan fingerprint density at radius 3 is 3.00 bits per heavy atom. The molecule has 1 aliphatic heterocycles. The molecule has 0 radical (unpaired) electrons. The summed E-state index contributed by atoms with van der Waals surface area (Å²) in [4.78, 5) is 16.2. The minimum atomic E-state index is -0.314. The molecule has 1 aromatic rings. The van der Waals surface area contributed by atoms with Crippen LogP contribution in [0, 0.1) is 0 Å². The van der Waals surface area contributed by atoms with Crippen molar-refractivity contribution >= 4 is 17.1 Å². The Morgan fingerprint density at radius 1 is 1.64 bits per heavy atom. The molecule has 76 valence electrons. The zero-order chi connectivity index (χ0) is 9.97. The van der Waals surface area contributed by atoms with Crippen molar-refractivity contribution in [3.63, 3.8) is 0 Å². The first-order valence-electron chi connectivity index (χ1n) is 4.53. The largest absolute Gasteiger partial charge is 0.345 e. The molecule has 0 bridgehead atoms. The zero-order valence-electron chi connectivity index (χ0n) is 7.86. The second-order valence-electron chi connectivity index (χ2n) is 2.92. The van der Waals surface area contributed by atoms with Crippen LogP contribution in [0.25, 0.3) is 0 Å². The van der Waals surface area contributed by atoms with Crippen LogP contribution in [0.3, 0.4) is 0 Å². The fraction of sp³-hybridized carbons (Fsp3) is 0.556. The van der Waals surface area contributed by atoms with E-state index in [0.717, 1.165) is 4.88 Å². The Kier molecular flexibility index (Phi) is 2.90. The van der Waals surface area contributed by atoms with Gasteiger partial charge < -0.3 is 9.47 Å². The summed E-state index contributed by atoms with van der Waals surface area (Å²) in [5.41, 5.74) is 0. The third kappa shape index (κ3) is 1.84. The van der Waals surface area contributed by atoms with Gasteiger partial charge >= 0.3 is 0 Å². The first-order chi connectivity index (χ1) is 6.81. The molecule has 0 aliphatic carbocycles. The fourth-order valence-electron chi connectivity index (χ4n) is 1.20.